The molecule has 2 N–H and O–H groups in total. The van der Waals surface area contributed by atoms with E-state index in [0.717, 1.165) is 103 Å². The number of nitrogens with one attached hydrogen (secondary N) is 2. The summed E-state index contributed by atoms with van der Waals surface area (Å²) in [5.74, 6) is 3.58. The van der Waals surface area contributed by atoms with Crippen LogP contribution in [0.15, 0.2) is 0 Å². The van der Waals surface area contributed by atoms with Gasteiger partial charge in [0.15, 0.2) is 0 Å². The molecule has 0 aromatic heterocycles. The maximum Gasteiger partial charge on any atom is 0.137 e. The van der Waals surface area contributed by atoms with Gasteiger partial charge in [0.1, 0.15) is 12.2 Å². The number of hydrogen-bond acceptors (Lipinski definition) is 6. The minimum Gasteiger partial charge on any atom is -0.530 e. The Bertz CT molecular complexity index is 1130. The van der Waals surface area contributed by atoms with Crippen LogP contribution in [0.25, 0.3) is 0 Å². The highest BCUT2D eigenvalue weighted by atomic mass is 16.4. The minimum atomic E-state index is -1.05. The first kappa shape index (κ1) is 52.6. The fourth-order valence-electron chi connectivity index (χ4n) is 11.1. The Balaban J connectivity index is 2.30. The van der Waals surface area contributed by atoms with Crippen molar-refractivity contribution in [2.24, 2.45) is 47.3 Å². The predicted octanol–water partition coefficient (Wildman–Crippen LogP) is 10.7. The summed E-state index contributed by atoms with van der Waals surface area (Å²) in [6, 6.07) is -0.214. The van der Waals surface area contributed by atoms with Gasteiger partial charge in [0.05, 0.1) is 0 Å². The first-order chi connectivity index (χ1) is 26.7. The van der Waals surface area contributed by atoms with E-state index in [1.807, 2.05) is 0 Å². The second kappa shape index (κ2) is 23.1. The molecule has 0 saturated carbocycles. The molecule has 0 radical (unpaired) electrons. The topological polar surface area (TPSA) is 111 Å². The number of rotatable bonds is 25. The molecule has 2 fully saturated rings. The van der Waals surface area contributed by atoms with Crippen molar-refractivity contribution in [3.63, 3.8) is 0 Å². The summed E-state index contributed by atoms with van der Waals surface area (Å²) >= 11 is 0. The molecular weight excluding hydrogens is 721 g/mol. The van der Waals surface area contributed by atoms with Gasteiger partial charge in [0, 0.05) is 47.3 Å². The lowest BCUT2D eigenvalue weighted by molar-refractivity contribution is -0.272. The molecular formula is C50H96N4O4-2. The van der Waals surface area contributed by atoms with Crippen LogP contribution in [0.1, 0.15) is 214 Å². The fourth-order valence-corrected chi connectivity index (χ4v) is 11.1. The van der Waals surface area contributed by atoms with Gasteiger partial charge in [0.2, 0.25) is 0 Å². The summed E-state index contributed by atoms with van der Waals surface area (Å²) in [6.07, 6.45) is 13.1. The molecule has 0 spiro atoms. The maximum atomic E-state index is 13.1. The molecule has 2 saturated heterocycles. The average molecular weight is 817 g/mol. The zero-order chi connectivity index (χ0) is 44.2. The monoisotopic (exact) mass is 817 g/mol. The Kier molecular flexibility index (Phi) is 20.9. The van der Waals surface area contributed by atoms with Crippen molar-refractivity contribution in [3.8, 4) is 0 Å². The van der Waals surface area contributed by atoms with Gasteiger partial charge in [-0.05, 0) is 165 Å². The lowest BCUT2D eigenvalue weighted by atomic mass is 9.64. The van der Waals surface area contributed by atoms with Crippen LogP contribution < -0.4 is 20.8 Å². The van der Waals surface area contributed by atoms with Crippen molar-refractivity contribution in [2.45, 2.75) is 248 Å². The van der Waals surface area contributed by atoms with Gasteiger partial charge in [-0.15, -0.1) is 0 Å². The highest BCUT2D eigenvalue weighted by Crippen LogP contribution is 2.46. The lowest BCUT2D eigenvalue weighted by Gasteiger charge is -2.58. The second-order valence-corrected chi connectivity index (χ2v) is 23.3. The minimum absolute atomic E-state index is 0.107. The van der Waals surface area contributed by atoms with Crippen molar-refractivity contribution < 1.29 is 19.8 Å². The Labute approximate surface area is 359 Å². The van der Waals surface area contributed by atoms with Crippen LogP contribution in [0.3, 0.4) is 0 Å². The Morgan fingerprint density at radius 2 is 0.793 bits per heavy atom. The summed E-state index contributed by atoms with van der Waals surface area (Å²) in [5, 5.41) is 34.6. The van der Waals surface area contributed by atoms with E-state index in [1.165, 1.54) is 0 Å². The molecule has 8 heteroatoms. The zero-order valence-electron chi connectivity index (χ0n) is 41.0. The summed E-state index contributed by atoms with van der Waals surface area (Å²) in [5.41, 5.74) is -0.673. The van der Waals surface area contributed by atoms with Gasteiger partial charge in [-0.3, -0.25) is 0 Å². The third-order valence-electron chi connectivity index (χ3n) is 14.4. The fraction of sp³-hybridized carbons (Fsp3) is 0.960. The first-order valence-electron chi connectivity index (χ1n) is 24.3. The van der Waals surface area contributed by atoms with E-state index in [4.69, 9.17) is 0 Å². The largest absolute Gasteiger partial charge is 0.530 e. The van der Waals surface area contributed by atoms with Crippen LogP contribution in [0.4, 0.5) is 9.59 Å². The summed E-state index contributed by atoms with van der Waals surface area (Å²) in [7, 11) is 0. The third-order valence-corrected chi connectivity index (χ3v) is 14.4. The number of hydrogen-bond donors (Lipinski definition) is 2. The molecule has 2 aliphatic rings. The molecule has 8 unspecified atom stereocenters. The van der Waals surface area contributed by atoms with E-state index in [9.17, 15) is 19.8 Å². The predicted molar refractivity (Wildman–Crippen MR) is 242 cm³/mol. The third kappa shape index (κ3) is 16.4. The molecule has 0 aromatic carbocycles. The van der Waals surface area contributed by atoms with E-state index in [-0.39, 0.29) is 46.1 Å². The normalized spacial score (nSPS) is 30.7. The van der Waals surface area contributed by atoms with E-state index < -0.39 is 12.2 Å². The molecule has 0 aromatic rings. The molecule has 0 bridgehead atoms. The quantitative estimate of drug-likeness (QED) is 0.0888. The summed E-state index contributed by atoms with van der Waals surface area (Å²) < 4.78 is 0. The van der Waals surface area contributed by atoms with Gasteiger partial charge >= 0.3 is 0 Å². The van der Waals surface area contributed by atoms with Gasteiger partial charge in [-0.1, -0.05) is 95.9 Å². The highest BCUT2D eigenvalue weighted by molar-refractivity contribution is 5.63. The highest BCUT2D eigenvalue weighted by Gasteiger charge is 2.52. The first-order valence-corrected chi connectivity index (χ1v) is 24.3. The molecule has 2 rings (SSSR count). The number of carbonyl (C=O) groups is 2. The van der Waals surface area contributed by atoms with E-state index >= 15 is 0 Å². The Morgan fingerprint density at radius 3 is 1.05 bits per heavy atom. The molecule has 8 nitrogen and oxygen atoms in total. The van der Waals surface area contributed by atoms with Crippen LogP contribution in [-0.4, -0.2) is 69.3 Å². The lowest BCUT2D eigenvalue weighted by Crippen LogP contribution is -2.71. The van der Waals surface area contributed by atoms with Crippen LogP contribution in [-0.2, 0) is 0 Å². The molecule has 2 aliphatic heterocycles. The van der Waals surface area contributed by atoms with E-state index in [2.05, 4.69) is 121 Å². The molecule has 58 heavy (non-hydrogen) atoms. The van der Waals surface area contributed by atoms with Crippen molar-refractivity contribution in [3.05, 3.63) is 0 Å². The van der Waals surface area contributed by atoms with Gasteiger partial charge in [-0.25, -0.2) is 0 Å². The van der Waals surface area contributed by atoms with Crippen molar-refractivity contribution >= 4 is 12.2 Å². The molecule has 0 aliphatic carbocycles. The van der Waals surface area contributed by atoms with Crippen LogP contribution in [0, 0.1) is 47.3 Å². The van der Waals surface area contributed by atoms with Crippen molar-refractivity contribution in [2.75, 3.05) is 13.1 Å². The van der Waals surface area contributed by atoms with Gasteiger partial charge in [0.25, 0.3) is 0 Å². The molecule has 8 atom stereocenters. The molecule has 2 amide bonds. The SMILES string of the molecule is CC(C)CCC1(C)CC(N(CCCCCCN(C(=O)[O-])C2CC(C)(CCC(C)C)NC(C)(CCC(C)C)C2CC(C)C)C(=O)[O-])C(CC(C)C)C(C)(CCC(C)C)N1. The van der Waals surface area contributed by atoms with Gasteiger partial charge in [-0.2, -0.15) is 0 Å². The average Bonchev–Trinajstić information content (AvgIpc) is 3.08. The number of carbonyl (C=O) groups excluding carboxylic acids is 2. The van der Waals surface area contributed by atoms with Crippen molar-refractivity contribution in [1.82, 2.24) is 20.4 Å². The van der Waals surface area contributed by atoms with Gasteiger partial charge < -0.3 is 40.2 Å². The van der Waals surface area contributed by atoms with Crippen LogP contribution in [0.2, 0.25) is 0 Å². The maximum absolute atomic E-state index is 13.1. The summed E-state index contributed by atoms with van der Waals surface area (Å²) in [4.78, 5) is 29.7. The zero-order valence-corrected chi connectivity index (χ0v) is 41.0. The molecule has 342 valence electrons. The number of unbranched alkanes of at least 4 members (excludes halogenated alkanes) is 3. The summed E-state index contributed by atoms with van der Waals surface area (Å²) in [6.45, 7) is 37.6. The molecule has 2 heterocycles. The Morgan fingerprint density at radius 1 is 0.500 bits per heavy atom. The smallest absolute Gasteiger partial charge is 0.137 e. The van der Waals surface area contributed by atoms with E-state index in [0.29, 0.717) is 48.6 Å². The number of piperidine rings is 2. The standard InChI is InChI=1S/C50H98N4O4/c1-35(2)21-25-47(13)33-43(41(31-39(9)10)49(15,51-47)27-23-37(5)6)53(45(55)56)29-19-17-18-20-30-54(46(57)58)44-34-48(14,26-22-36(3)4)52-50(16,28-24-38(7)8)42(44)32-40(11)12/h35-44,51-52H,17-34H2,1-16H3,(H,55,56)(H,57,58)/p-2. The van der Waals surface area contributed by atoms with Crippen LogP contribution >= 0.6 is 0 Å². The van der Waals surface area contributed by atoms with Crippen LogP contribution in [0.5, 0.6) is 0 Å². The Hall–Kier alpha value is -1.54. The van der Waals surface area contributed by atoms with Crippen molar-refractivity contribution in [1.29, 1.82) is 0 Å². The second-order valence-electron chi connectivity index (χ2n) is 23.3. The van der Waals surface area contributed by atoms with E-state index in [1.54, 1.807) is 9.80 Å². The number of amides is 2. The number of nitrogens with zero attached hydrogens (tertiary/aromatic N) is 2. The number of carboxylic acid groups (broad SMARTS) is 2.